The van der Waals surface area contributed by atoms with Crippen molar-refractivity contribution in [3.8, 4) is 11.5 Å². The summed E-state index contributed by atoms with van der Waals surface area (Å²) in [6.45, 7) is 0. The highest BCUT2D eigenvalue weighted by Crippen LogP contribution is 2.16. The van der Waals surface area contributed by atoms with Crippen molar-refractivity contribution in [3.63, 3.8) is 0 Å². The van der Waals surface area contributed by atoms with Gasteiger partial charge in [0.15, 0.2) is 5.82 Å². The molecule has 3 rings (SSSR count). The molecule has 6 heteroatoms. The van der Waals surface area contributed by atoms with Crippen LogP contribution in [-0.4, -0.2) is 16.0 Å². The number of halogens is 1. The van der Waals surface area contributed by atoms with E-state index in [1.165, 1.54) is 24.3 Å². The fraction of sp³-hybridized carbons (Fsp3) is 0.0625. The van der Waals surface area contributed by atoms with E-state index in [9.17, 15) is 9.18 Å². The highest BCUT2D eigenvalue weighted by Gasteiger charge is 2.12. The molecule has 0 aliphatic carbocycles. The lowest BCUT2D eigenvalue weighted by Crippen LogP contribution is -2.15. The van der Waals surface area contributed by atoms with E-state index in [1.807, 2.05) is 30.3 Å². The summed E-state index contributed by atoms with van der Waals surface area (Å²) >= 11 is 0. The van der Waals surface area contributed by atoms with Gasteiger partial charge < -0.3 is 9.84 Å². The van der Waals surface area contributed by atoms with Crippen LogP contribution in [-0.2, 0) is 11.2 Å². The fourth-order valence-corrected chi connectivity index (χ4v) is 1.91. The van der Waals surface area contributed by atoms with Crippen LogP contribution in [0.5, 0.6) is 0 Å². The highest BCUT2D eigenvalue weighted by atomic mass is 19.1. The van der Waals surface area contributed by atoms with Gasteiger partial charge in [0.05, 0.1) is 6.42 Å². The molecule has 0 aliphatic rings. The molecule has 1 N–H and O–H groups in total. The van der Waals surface area contributed by atoms with Gasteiger partial charge in [-0.3, -0.25) is 4.79 Å². The molecule has 0 saturated carbocycles. The first-order valence-electron chi connectivity index (χ1n) is 6.64. The van der Waals surface area contributed by atoms with Crippen LogP contribution in [0.3, 0.4) is 0 Å². The zero-order chi connectivity index (χ0) is 15.4. The van der Waals surface area contributed by atoms with Gasteiger partial charge in [-0.05, 0) is 36.4 Å². The predicted molar refractivity (Wildman–Crippen MR) is 78.5 cm³/mol. The van der Waals surface area contributed by atoms with Crippen LogP contribution in [0.25, 0.3) is 11.5 Å². The number of rotatable bonds is 4. The minimum atomic E-state index is -0.358. The van der Waals surface area contributed by atoms with Crippen LogP contribution in [0.1, 0.15) is 5.82 Å². The molecular weight excluding hydrogens is 285 g/mol. The van der Waals surface area contributed by atoms with E-state index < -0.39 is 0 Å². The third-order valence-electron chi connectivity index (χ3n) is 2.94. The van der Waals surface area contributed by atoms with Crippen molar-refractivity contribution in [1.29, 1.82) is 0 Å². The van der Waals surface area contributed by atoms with Crippen LogP contribution >= 0.6 is 0 Å². The molecular formula is C16H12FN3O2. The van der Waals surface area contributed by atoms with Gasteiger partial charge in [0.1, 0.15) is 5.82 Å². The van der Waals surface area contributed by atoms with Gasteiger partial charge in [0.2, 0.25) is 5.91 Å². The Bertz CT molecular complexity index is 770. The normalized spacial score (nSPS) is 10.4. The summed E-state index contributed by atoms with van der Waals surface area (Å²) in [5.74, 6) is -0.000614. The molecule has 110 valence electrons. The Balaban J connectivity index is 1.65. The summed E-state index contributed by atoms with van der Waals surface area (Å²) in [5.41, 5.74) is 1.30. The number of carbonyl (C=O) groups excluding carboxylic acids is 1. The topological polar surface area (TPSA) is 68.0 Å². The second-order valence-corrected chi connectivity index (χ2v) is 4.61. The molecule has 1 amide bonds. The average molecular weight is 297 g/mol. The molecule has 0 fully saturated rings. The Labute approximate surface area is 125 Å². The van der Waals surface area contributed by atoms with E-state index in [1.54, 1.807) is 0 Å². The van der Waals surface area contributed by atoms with Crippen molar-refractivity contribution in [2.24, 2.45) is 0 Å². The molecule has 0 saturated heterocycles. The Hall–Kier alpha value is -3.02. The van der Waals surface area contributed by atoms with Gasteiger partial charge >= 0.3 is 0 Å². The quantitative estimate of drug-likeness (QED) is 0.803. The smallest absolute Gasteiger partial charge is 0.257 e. The molecule has 0 radical (unpaired) electrons. The van der Waals surface area contributed by atoms with Crippen LogP contribution in [0.2, 0.25) is 0 Å². The number of nitrogens with one attached hydrogen (secondary N) is 1. The van der Waals surface area contributed by atoms with E-state index in [0.717, 1.165) is 5.56 Å². The Morgan fingerprint density at radius 3 is 2.55 bits per heavy atom. The maximum atomic E-state index is 12.8. The van der Waals surface area contributed by atoms with E-state index in [4.69, 9.17) is 4.52 Å². The van der Waals surface area contributed by atoms with E-state index in [-0.39, 0.29) is 18.1 Å². The van der Waals surface area contributed by atoms with Crippen LogP contribution in [0, 0.1) is 5.82 Å². The number of hydrogen-bond acceptors (Lipinski definition) is 4. The standard InChI is InChI=1S/C16H12FN3O2/c17-12-6-8-13(9-7-12)18-15(21)10-14-19-16(22-20-14)11-4-2-1-3-5-11/h1-9H,10H2,(H,18,21). The predicted octanol–water partition coefficient (Wildman–Crippen LogP) is 3.06. The van der Waals surface area contributed by atoms with Gasteiger partial charge in [0.25, 0.3) is 5.89 Å². The summed E-state index contributed by atoms with van der Waals surface area (Å²) < 4.78 is 17.9. The fourth-order valence-electron chi connectivity index (χ4n) is 1.91. The van der Waals surface area contributed by atoms with Crippen molar-refractivity contribution in [2.75, 3.05) is 5.32 Å². The minimum absolute atomic E-state index is 0.0201. The maximum Gasteiger partial charge on any atom is 0.257 e. The molecule has 1 aromatic heterocycles. The monoisotopic (exact) mass is 297 g/mol. The molecule has 0 bridgehead atoms. The zero-order valence-corrected chi connectivity index (χ0v) is 11.5. The number of benzene rings is 2. The highest BCUT2D eigenvalue weighted by molar-refractivity contribution is 5.91. The average Bonchev–Trinajstić information content (AvgIpc) is 2.99. The van der Waals surface area contributed by atoms with Crippen molar-refractivity contribution in [2.45, 2.75) is 6.42 Å². The van der Waals surface area contributed by atoms with E-state index >= 15 is 0 Å². The van der Waals surface area contributed by atoms with Gasteiger partial charge in [-0.2, -0.15) is 4.98 Å². The molecule has 0 atom stereocenters. The number of amides is 1. The van der Waals surface area contributed by atoms with Crippen molar-refractivity contribution < 1.29 is 13.7 Å². The molecule has 0 spiro atoms. The van der Waals surface area contributed by atoms with Crippen molar-refractivity contribution >= 4 is 11.6 Å². The third kappa shape index (κ3) is 3.35. The summed E-state index contributed by atoms with van der Waals surface area (Å²) in [6.07, 6.45) is -0.0201. The summed E-state index contributed by atoms with van der Waals surface area (Å²) in [7, 11) is 0. The molecule has 0 aliphatic heterocycles. The third-order valence-corrected chi connectivity index (χ3v) is 2.94. The molecule has 1 heterocycles. The first kappa shape index (κ1) is 13.9. The minimum Gasteiger partial charge on any atom is -0.334 e. The lowest BCUT2D eigenvalue weighted by Gasteiger charge is -2.02. The Morgan fingerprint density at radius 1 is 1.09 bits per heavy atom. The van der Waals surface area contributed by atoms with Crippen LogP contribution in [0.4, 0.5) is 10.1 Å². The second-order valence-electron chi connectivity index (χ2n) is 4.61. The van der Waals surface area contributed by atoms with Crippen molar-refractivity contribution in [3.05, 3.63) is 66.2 Å². The molecule has 3 aromatic rings. The maximum absolute atomic E-state index is 12.8. The first-order valence-corrected chi connectivity index (χ1v) is 6.64. The number of anilines is 1. The Kier molecular flexibility index (Phi) is 3.91. The number of aromatic nitrogens is 2. The number of hydrogen-bond donors (Lipinski definition) is 1. The van der Waals surface area contributed by atoms with Crippen LogP contribution < -0.4 is 5.32 Å². The largest absolute Gasteiger partial charge is 0.334 e. The first-order chi connectivity index (χ1) is 10.7. The SMILES string of the molecule is O=C(Cc1noc(-c2ccccc2)n1)Nc1ccc(F)cc1. The molecule has 5 nitrogen and oxygen atoms in total. The lowest BCUT2D eigenvalue weighted by molar-refractivity contribution is -0.115. The van der Waals surface area contributed by atoms with Crippen molar-refractivity contribution in [1.82, 2.24) is 10.1 Å². The molecule has 0 unspecified atom stereocenters. The van der Waals surface area contributed by atoms with Gasteiger partial charge in [-0.25, -0.2) is 4.39 Å². The van der Waals surface area contributed by atoms with Gasteiger partial charge in [-0.1, -0.05) is 23.4 Å². The zero-order valence-electron chi connectivity index (χ0n) is 11.5. The second kappa shape index (κ2) is 6.17. The Morgan fingerprint density at radius 2 is 1.82 bits per heavy atom. The van der Waals surface area contributed by atoms with Gasteiger partial charge in [-0.15, -0.1) is 0 Å². The van der Waals surface area contributed by atoms with Gasteiger partial charge in [0, 0.05) is 11.3 Å². The molecule has 2 aromatic carbocycles. The summed E-state index contributed by atoms with van der Waals surface area (Å²) in [4.78, 5) is 16.1. The van der Waals surface area contributed by atoms with E-state index in [0.29, 0.717) is 17.4 Å². The summed E-state index contributed by atoms with van der Waals surface area (Å²) in [6, 6.07) is 14.8. The lowest BCUT2D eigenvalue weighted by atomic mass is 10.2. The number of nitrogens with zero attached hydrogens (tertiary/aromatic N) is 2. The van der Waals surface area contributed by atoms with E-state index in [2.05, 4.69) is 15.5 Å². The van der Waals surface area contributed by atoms with Crippen LogP contribution in [0.15, 0.2) is 59.1 Å². The molecule has 22 heavy (non-hydrogen) atoms. The number of carbonyl (C=O) groups is 1. The summed E-state index contributed by atoms with van der Waals surface area (Å²) in [5, 5.41) is 6.42.